The molecule has 1 N–H and O–H groups in total. The number of nitrogens with zero attached hydrogens (tertiary/aromatic N) is 5. The van der Waals surface area contributed by atoms with Crippen LogP contribution in [0.3, 0.4) is 0 Å². The second-order valence-electron chi connectivity index (χ2n) is 4.46. The highest BCUT2D eigenvalue weighted by atomic mass is 32.2. The molecule has 7 nitrogen and oxygen atoms in total. The number of thioether (sulfide) groups is 1. The summed E-state index contributed by atoms with van der Waals surface area (Å²) in [6.45, 7) is 2.88. The molecule has 1 fully saturated rings. The van der Waals surface area contributed by atoms with Crippen LogP contribution in [0, 0.1) is 0 Å². The van der Waals surface area contributed by atoms with Crippen LogP contribution in [-0.2, 0) is 4.74 Å². The third kappa shape index (κ3) is 2.75. The summed E-state index contributed by atoms with van der Waals surface area (Å²) in [4.78, 5) is 13.2. The summed E-state index contributed by atoms with van der Waals surface area (Å²) in [6, 6.07) is 1.84. The first-order valence-corrected chi connectivity index (χ1v) is 7.36. The van der Waals surface area contributed by atoms with Gasteiger partial charge in [0.1, 0.15) is 0 Å². The van der Waals surface area contributed by atoms with E-state index in [1.807, 2.05) is 12.3 Å². The molecule has 0 saturated carbocycles. The van der Waals surface area contributed by atoms with Crippen LogP contribution < -0.4 is 5.32 Å². The molecule has 8 heteroatoms. The summed E-state index contributed by atoms with van der Waals surface area (Å²) in [5.41, 5.74) is 0. The lowest BCUT2D eigenvalue weighted by Crippen LogP contribution is -2.15. The first-order valence-electron chi connectivity index (χ1n) is 6.48. The van der Waals surface area contributed by atoms with Gasteiger partial charge in [0, 0.05) is 31.3 Å². The van der Waals surface area contributed by atoms with Crippen molar-refractivity contribution in [2.75, 3.05) is 19.0 Å². The van der Waals surface area contributed by atoms with Crippen molar-refractivity contribution in [3.63, 3.8) is 0 Å². The Balaban J connectivity index is 1.88. The summed E-state index contributed by atoms with van der Waals surface area (Å²) in [5.74, 6) is 1.06. The lowest BCUT2D eigenvalue weighted by Gasteiger charge is -2.13. The van der Waals surface area contributed by atoms with Crippen molar-refractivity contribution in [1.29, 1.82) is 0 Å². The van der Waals surface area contributed by atoms with E-state index in [1.165, 1.54) is 0 Å². The van der Waals surface area contributed by atoms with Gasteiger partial charge in [-0.2, -0.15) is 20.1 Å². The number of nitrogens with one attached hydrogen (secondary N) is 1. The third-order valence-electron chi connectivity index (χ3n) is 3.10. The first-order chi connectivity index (χ1) is 9.76. The van der Waals surface area contributed by atoms with Crippen molar-refractivity contribution in [3.05, 3.63) is 18.5 Å². The Labute approximate surface area is 121 Å². The van der Waals surface area contributed by atoms with Gasteiger partial charge in [-0.25, -0.2) is 4.68 Å². The summed E-state index contributed by atoms with van der Waals surface area (Å²) in [6.07, 6.45) is 4.75. The maximum atomic E-state index is 5.57. The molecular weight excluding hydrogens is 276 g/mol. The van der Waals surface area contributed by atoms with Crippen LogP contribution in [0.15, 0.2) is 23.6 Å². The van der Waals surface area contributed by atoms with Crippen LogP contribution in [0.25, 0.3) is 5.95 Å². The highest BCUT2D eigenvalue weighted by molar-refractivity contribution is 7.99. The molecule has 106 valence electrons. The molecule has 20 heavy (non-hydrogen) atoms. The minimum atomic E-state index is 0.225. The molecule has 0 bridgehead atoms. The van der Waals surface area contributed by atoms with Gasteiger partial charge in [-0.15, -0.1) is 0 Å². The van der Waals surface area contributed by atoms with E-state index in [-0.39, 0.29) is 6.10 Å². The summed E-state index contributed by atoms with van der Waals surface area (Å²) in [7, 11) is 1.79. The highest BCUT2D eigenvalue weighted by Gasteiger charge is 2.26. The maximum absolute atomic E-state index is 5.57. The SMILES string of the molecule is CNc1nc(SC2CCOC2C)nc(-n2cccn2)n1. The molecule has 2 unspecified atom stereocenters. The van der Waals surface area contributed by atoms with E-state index >= 15 is 0 Å². The van der Waals surface area contributed by atoms with E-state index in [2.05, 4.69) is 32.3 Å². The van der Waals surface area contributed by atoms with Crippen LogP contribution in [-0.4, -0.2) is 49.7 Å². The average molecular weight is 292 g/mol. The topological polar surface area (TPSA) is 77.8 Å². The zero-order valence-electron chi connectivity index (χ0n) is 11.4. The van der Waals surface area contributed by atoms with Crippen LogP contribution in [0.4, 0.5) is 5.95 Å². The van der Waals surface area contributed by atoms with Crippen molar-refractivity contribution in [2.24, 2.45) is 0 Å². The Bertz CT molecular complexity index is 575. The molecule has 3 rings (SSSR count). The number of hydrogen-bond acceptors (Lipinski definition) is 7. The molecule has 0 aliphatic carbocycles. The van der Waals surface area contributed by atoms with E-state index in [9.17, 15) is 0 Å². The number of ether oxygens (including phenoxy) is 1. The molecule has 0 aromatic carbocycles. The normalized spacial score (nSPS) is 22.1. The minimum Gasteiger partial charge on any atom is -0.377 e. The Morgan fingerprint density at radius 2 is 2.30 bits per heavy atom. The third-order valence-corrected chi connectivity index (χ3v) is 4.41. The summed E-state index contributed by atoms with van der Waals surface area (Å²) < 4.78 is 7.20. The minimum absolute atomic E-state index is 0.225. The molecule has 2 aromatic rings. The number of aromatic nitrogens is 5. The predicted octanol–water partition coefficient (Wildman–Crippen LogP) is 1.37. The van der Waals surface area contributed by atoms with Crippen LogP contribution in [0.5, 0.6) is 0 Å². The second kappa shape index (κ2) is 5.76. The van der Waals surface area contributed by atoms with E-state index in [4.69, 9.17) is 4.74 Å². The summed E-state index contributed by atoms with van der Waals surface area (Å²) >= 11 is 1.63. The standard InChI is InChI=1S/C12H16N6OS/c1-8-9(4-7-19-8)20-12-16-10(13-2)15-11(17-12)18-6-3-5-14-18/h3,5-6,8-9H,4,7H2,1-2H3,(H,13,15,16,17). The zero-order valence-corrected chi connectivity index (χ0v) is 12.2. The summed E-state index contributed by atoms with van der Waals surface area (Å²) in [5, 5.41) is 8.18. The molecule has 0 amide bonds. The van der Waals surface area contributed by atoms with Crippen molar-refractivity contribution in [2.45, 2.75) is 29.9 Å². The van der Waals surface area contributed by atoms with E-state index in [0.717, 1.165) is 13.0 Å². The predicted molar refractivity (Wildman–Crippen MR) is 76.2 cm³/mol. The fraction of sp³-hybridized carbons (Fsp3) is 0.500. The first kappa shape index (κ1) is 13.3. The number of anilines is 1. The van der Waals surface area contributed by atoms with Crippen LogP contribution in [0.2, 0.25) is 0 Å². The van der Waals surface area contributed by atoms with Gasteiger partial charge in [-0.1, -0.05) is 11.8 Å². The van der Waals surface area contributed by atoms with E-state index in [0.29, 0.717) is 22.3 Å². The molecule has 2 aromatic heterocycles. The van der Waals surface area contributed by atoms with E-state index < -0.39 is 0 Å². The molecule has 0 spiro atoms. The average Bonchev–Trinajstić information content (AvgIpc) is 3.11. The smallest absolute Gasteiger partial charge is 0.256 e. The Morgan fingerprint density at radius 3 is 2.95 bits per heavy atom. The Hall–Kier alpha value is -1.67. The van der Waals surface area contributed by atoms with Crippen molar-refractivity contribution < 1.29 is 4.74 Å². The number of hydrogen-bond donors (Lipinski definition) is 1. The van der Waals surface area contributed by atoms with Gasteiger partial charge in [-0.05, 0) is 19.4 Å². The highest BCUT2D eigenvalue weighted by Crippen LogP contribution is 2.30. The zero-order chi connectivity index (χ0) is 13.9. The van der Waals surface area contributed by atoms with Gasteiger partial charge >= 0.3 is 0 Å². The van der Waals surface area contributed by atoms with Crippen LogP contribution in [0.1, 0.15) is 13.3 Å². The molecule has 1 aliphatic heterocycles. The van der Waals surface area contributed by atoms with Crippen molar-refractivity contribution in [1.82, 2.24) is 24.7 Å². The molecule has 1 saturated heterocycles. The van der Waals surface area contributed by atoms with Crippen LogP contribution >= 0.6 is 11.8 Å². The lowest BCUT2D eigenvalue weighted by molar-refractivity contribution is 0.127. The largest absolute Gasteiger partial charge is 0.377 e. The van der Waals surface area contributed by atoms with Gasteiger partial charge in [0.05, 0.1) is 6.10 Å². The van der Waals surface area contributed by atoms with Gasteiger partial charge in [0.2, 0.25) is 5.95 Å². The second-order valence-corrected chi connectivity index (χ2v) is 5.67. The van der Waals surface area contributed by atoms with Crippen molar-refractivity contribution in [3.8, 4) is 5.95 Å². The van der Waals surface area contributed by atoms with Crippen molar-refractivity contribution >= 4 is 17.7 Å². The molecule has 1 aliphatic rings. The molecule has 0 radical (unpaired) electrons. The fourth-order valence-corrected chi connectivity index (χ4v) is 3.03. The van der Waals surface area contributed by atoms with Gasteiger partial charge in [-0.3, -0.25) is 0 Å². The fourth-order valence-electron chi connectivity index (χ4n) is 2.00. The van der Waals surface area contributed by atoms with Gasteiger partial charge in [0.25, 0.3) is 5.95 Å². The molecule has 3 heterocycles. The quantitative estimate of drug-likeness (QED) is 0.911. The Morgan fingerprint density at radius 1 is 1.40 bits per heavy atom. The Kier molecular flexibility index (Phi) is 3.83. The molecule has 2 atom stereocenters. The monoisotopic (exact) mass is 292 g/mol. The number of rotatable bonds is 4. The lowest BCUT2D eigenvalue weighted by atomic mass is 10.3. The molecular formula is C12H16N6OS. The van der Waals surface area contributed by atoms with Gasteiger partial charge in [0.15, 0.2) is 5.16 Å². The van der Waals surface area contributed by atoms with E-state index in [1.54, 1.807) is 29.7 Å². The van der Waals surface area contributed by atoms with Gasteiger partial charge < -0.3 is 10.1 Å². The maximum Gasteiger partial charge on any atom is 0.256 e.